The third-order valence-electron chi connectivity index (χ3n) is 4.26. The molecule has 2 amide bonds. The van der Waals surface area contributed by atoms with Crippen molar-refractivity contribution in [1.82, 2.24) is 10.2 Å². The lowest BCUT2D eigenvalue weighted by Gasteiger charge is -2.27. The first-order valence-electron chi connectivity index (χ1n) is 8.62. The third kappa shape index (κ3) is 6.38. The van der Waals surface area contributed by atoms with Gasteiger partial charge in [0.1, 0.15) is 6.54 Å². The average molecular weight is 344 g/mol. The summed E-state index contributed by atoms with van der Waals surface area (Å²) in [6.07, 6.45) is 1.74. The van der Waals surface area contributed by atoms with Crippen LogP contribution < -0.4 is 5.32 Å². The van der Waals surface area contributed by atoms with Crippen molar-refractivity contribution in [2.75, 3.05) is 6.54 Å². The topological polar surface area (TPSA) is 69.6 Å². The molecule has 1 rings (SSSR count). The van der Waals surface area contributed by atoms with Crippen molar-refractivity contribution in [2.24, 2.45) is 0 Å². The van der Waals surface area contributed by atoms with Gasteiger partial charge in [-0.25, -0.2) is 0 Å². The smallest absolute Gasteiger partial charge is 0.309 e. The first-order chi connectivity index (χ1) is 11.6. The van der Waals surface area contributed by atoms with E-state index in [0.717, 1.165) is 11.1 Å². The minimum atomic E-state index is -0.702. The lowest BCUT2D eigenvalue weighted by molar-refractivity contribution is -0.134. The summed E-state index contributed by atoms with van der Waals surface area (Å²) in [7, 11) is 0. The zero-order valence-electron chi connectivity index (χ0n) is 15.9. The molecular weight excluding hydrogens is 315 g/mol. The molecule has 0 saturated heterocycles. The van der Waals surface area contributed by atoms with Gasteiger partial charge in [0.25, 0.3) is 0 Å². The van der Waals surface area contributed by atoms with Crippen LogP contribution in [0, 0.1) is 13.8 Å². The fourth-order valence-electron chi connectivity index (χ4n) is 2.69. The number of carbonyl (C=O) groups is 2. The maximum Gasteiger partial charge on any atom is 0.309 e. The highest BCUT2D eigenvalue weighted by Crippen LogP contribution is 2.13. The number of amides is 2. The Morgan fingerprint density at radius 2 is 2.00 bits per heavy atom. The molecule has 0 radical (unpaired) electrons. The second kappa shape index (κ2) is 9.42. The van der Waals surface area contributed by atoms with E-state index < -0.39 is 12.9 Å². The molecule has 1 aromatic carbocycles. The lowest BCUT2D eigenvalue weighted by atomic mass is 9.61. The first-order valence-corrected chi connectivity index (χ1v) is 8.62. The number of nitrogens with one attached hydrogen (secondary N) is 1. The lowest BCUT2D eigenvalue weighted by Crippen LogP contribution is -2.51. The molecule has 1 atom stereocenters. The summed E-state index contributed by atoms with van der Waals surface area (Å²) < 4.78 is 0. The largest absolute Gasteiger partial charge is 0.449 e. The number of rotatable bonds is 8. The van der Waals surface area contributed by atoms with Gasteiger partial charge in [-0.05, 0) is 51.3 Å². The Balaban J connectivity index is 2.81. The molecule has 1 unspecified atom stereocenters. The Kier molecular flexibility index (Phi) is 7.90. The van der Waals surface area contributed by atoms with Crippen LogP contribution in [0.2, 0.25) is 6.82 Å². The third-order valence-corrected chi connectivity index (χ3v) is 4.26. The van der Waals surface area contributed by atoms with E-state index in [2.05, 4.69) is 18.0 Å². The van der Waals surface area contributed by atoms with Gasteiger partial charge in [-0.2, -0.15) is 0 Å². The Morgan fingerprint density at radius 1 is 1.36 bits per heavy atom. The molecule has 2 N–H and O–H groups in total. The minimum absolute atomic E-state index is 0.0569. The highest BCUT2D eigenvalue weighted by molar-refractivity contribution is 6.51. The monoisotopic (exact) mass is 344 g/mol. The fourth-order valence-corrected chi connectivity index (χ4v) is 2.69. The molecule has 5 nitrogen and oxygen atoms in total. The summed E-state index contributed by atoms with van der Waals surface area (Å²) in [5, 5.41) is 12.9. The van der Waals surface area contributed by atoms with Gasteiger partial charge in [-0.15, -0.1) is 0 Å². The van der Waals surface area contributed by atoms with Crippen molar-refractivity contribution < 1.29 is 14.6 Å². The number of nitrogens with zero attached hydrogens (tertiary/aromatic N) is 1. The van der Waals surface area contributed by atoms with Crippen LogP contribution in [0.3, 0.4) is 0 Å². The molecule has 6 heteroatoms. The van der Waals surface area contributed by atoms with E-state index in [9.17, 15) is 14.6 Å². The highest BCUT2D eigenvalue weighted by Gasteiger charge is 2.25. The normalized spacial score (nSPS) is 11.8. The van der Waals surface area contributed by atoms with Crippen molar-refractivity contribution in [1.29, 1.82) is 0 Å². The fraction of sp³-hybridized carbons (Fsp3) is 0.474. The van der Waals surface area contributed by atoms with Gasteiger partial charge in [0.05, 0.1) is 0 Å². The summed E-state index contributed by atoms with van der Waals surface area (Å²) >= 11 is 0. The SMILES string of the molecule is C=CC(=O)N(CC(=O)NC(Cc1ccc(C)cc1C)B(C)O)C(C)C. The Morgan fingerprint density at radius 3 is 2.48 bits per heavy atom. The molecule has 0 bridgehead atoms. The molecule has 0 heterocycles. The second-order valence-electron chi connectivity index (χ2n) is 6.81. The van der Waals surface area contributed by atoms with Gasteiger partial charge in [0.15, 0.2) is 0 Å². The van der Waals surface area contributed by atoms with E-state index in [1.807, 2.05) is 39.8 Å². The van der Waals surface area contributed by atoms with E-state index in [1.54, 1.807) is 6.82 Å². The van der Waals surface area contributed by atoms with E-state index >= 15 is 0 Å². The van der Waals surface area contributed by atoms with Crippen molar-refractivity contribution in [3.05, 3.63) is 47.5 Å². The molecule has 1 aromatic rings. The molecule has 0 fully saturated rings. The highest BCUT2D eigenvalue weighted by atomic mass is 16.2. The zero-order chi connectivity index (χ0) is 19.1. The van der Waals surface area contributed by atoms with Gasteiger partial charge >= 0.3 is 6.92 Å². The predicted octanol–water partition coefficient (Wildman–Crippen LogP) is 1.91. The molecule has 0 aliphatic rings. The van der Waals surface area contributed by atoms with Crippen molar-refractivity contribution in [3.63, 3.8) is 0 Å². The number of hydrogen-bond acceptors (Lipinski definition) is 3. The maximum absolute atomic E-state index is 12.4. The molecule has 0 aromatic heterocycles. The number of carbonyl (C=O) groups excluding carboxylic acids is 2. The van der Waals surface area contributed by atoms with Gasteiger partial charge in [-0.3, -0.25) is 9.59 Å². The number of aryl methyl sites for hydroxylation is 2. The van der Waals surface area contributed by atoms with Crippen LogP contribution in [-0.2, 0) is 16.0 Å². The van der Waals surface area contributed by atoms with E-state index in [0.29, 0.717) is 6.42 Å². The van der Waals surface area contributed by atoms with Crippen LogP contribution in [0.25, 0.3) is 0 Å². The molecule has 0 aliphatic heterocycles. The number of hydrogen-bond donors (Lipinski definition) is 2. The van der Waals surface area contributed by atoms with Crippen molar-refractivity contribution in [2.45, 2.75) is 52.9 Å². The average Bonchev–Trinajstić information content (AvgIpc) is 2.53. The van der Waals surface area contributed by atoms with Crippen LogP contribution in [-0.4, -0.2) is 47.2 Å². The Bertz CT molecular complexity index is 629. The van der Waals surface area contributed by atoms with Crippen LogP contribution >= 0.6 is 0 Å². The Hall–Kier alpha value is -2.08. The summed E-state index contributed by atoms with van der Waals surface area (Å²) in [6.45, 7) is 12.1. The van der Waals surface area contributed by atoms with E-state index in [-0.39, 0.29) is 24.4 Å². The van der Waals surface area contributed by atoms with Gasteiger partial charge in [0.2, 0.25) is 11.8 Å². The van der Waals surface area contributed by atoms with Crippen LogP contribution in [0.1, 0.15) is 30.5 Å². The predicted molar refractivity (Wildman–Crippen MR) is 102 cm³/mol. The van der Waals surface area contributed by atoms with Crippen molar-refractivity contribution in [3.8, 4) is 0 Å². The van der Waals surface area contributed by atoms with Crippen LogP contribution in [0.15, 0.2) is 30.9 Å². The summed E-state index contributed by atoms with van der Waals surface area (Å²) in [4.78, 5) is 25.7. The maximum atomic E-state index is 12.4. The number of benzene rings is 1. The first kappa shape index (κ1) is 21.0. The van der Waals surface area contributed by atoms with Gasteiger partial charge in [-0.1, -0.05) is 37.2 Å². The molecule has 25 heavy (non-hydrogen) atoms. The van der Waals surface area contributed by atoms with Crippen LogP contribution in [0.4, 0.5) is 0 Å². The standard InChI is InChI=1S/C19H29BN2O3/c1-7-19(24)22(13(2)3)12-18(23)21-17(20(6)25)11-16-9-8-14(4)10-15(16)5/h7-10,13,17,25H,1,11-12H2,2-6H3,(H,21,23). The summed E-state index contributed by atoms with van der Waals surface area (Å²) in [5.41, 5.74) is 3.39. The van der Waals surface area contributed by atoms with Crippen LogP contribution in [0.5, 0.6) is 0 Å². The van der Waals surface area contributed by atoms with E-state index in [1.165, 1.54) is 16.5 Å². The van der Waals surface area contributed by atoms with Gasteiger partial charge in [0, 0.05) is 12.0 Å². The summed E-state index contributed by atoms with van der Waals surface area (Å²) in [6, 6.07) is 6.01. The summed E-state index contributed by atoms with van der Waals surface area (Å²) in [5.74, 6) is -0.991. The molecule has 136 valence electrons. The molecular formula is C19H29BN2O3. The molecule has 0 spiro atoms. The second-order valence-corrected chi connectivity index (χ2v) is 6.81. The molecule has 0 aliphatic carbocycles. The minimum Gasteiger partial charge on any atom is -0.449 e. The van der Waals surface area contributed by atoms with Gasteiger partial charge < -0.3 is 15.2 Å². The molecule has 0 saturated carbocycles. The van der Waals surface area contributed by atoms with Crippen molar-refractivity contribution >= 4 is 18.7 Å². The Labute approximate surface area is 151 Å². The van der Waals surface area contributed by atoms with E-state index in [4.69, 9.17) is 0 Å². The quantitative estimate of drug-likeness (QED) is 0.559. The zero-order valence-corrected chi connectivity index (χ0v) is 15.9.